The van der Waals surface area contributed by atoms with E-state index in [1.165, 1.54) is 11.3 Å². The molecule has 6 heteroatoms. The number of nitrogens with one attached hydrogen (secondary N) is 1. The molecule has 0 saturated heterocycles. The minimum Gasteiger partial charge on any atom is -0.478 e. The van der Waals surface area contributed by atoms with Crippen molar-refractivity contribution in [1.82, 2.24) is 4.90 Å². The van der Waals surface area contributed by atoms with E-state index in [1.807, 2.05) is 6.92 Å². The van der Waals surface area contributed by atoms with Crippen molar-refractivity contribution in [2.45, 2.75) is 41.0 Å². The lowest BCUT2D eigenvalue weighted by Crippen LogP contribution is -2.38. The van der Waals surface area contributed by atoms with Gasteiger partial charge in [0.05, 0.1) is 12.1 Å². The van der Waals surface area contributed by atoms with Gasteiger partial charge in [-0.25, -0.2) is 4.79 Å². The van der Waals surface area contributed by atoms with Crippen LogP contribution < -0.4 is 5.32 Å². The number of nitrogens with zero attached hydrogens (tertiary/aromatic N) is 1. The number of hydrogen-bond donors (Lipinski definition) is 2. The van der Waals surface area contributed by atoms with E-state index in [0.29, 0.717) is 16.8 Å². The smallest absolute Gasteiger partial charge is 0.338 e. The van der Waals surface area contributed by atoms with Gasteiger partial charge in [0.25, 0.3) is 0 Å². The molecule has 0 unspecified atom stereocenters. The molecule has 2 N–H and O–H groups in total. The van der Waals surface area contributed by atoms with Gasteiger partial charge in [-0.2, -0.15) is 0 Å². The van der Waals surface area contributed by atoms with Crippen LogP contribution in [0.5, 0.6) is 0 Å². The van der Waals surface area contributed by atoms with E-state index in [0.717, 1.165) is 24.4 Å². The quantitative estimate of drug-likeness (QED) is 0.721. The summed E-state index contributed by atoms with van der Waals surface area (Å²) in [6, 6.07) is 1.64. The molecule has 0 radical (unpaired) electrons. The monoisotopic (exact) mass is 340 g/mol. The first-order valence-electron chi connectivity index (χ1n) is 8.11. The molecule has 1 rings (SSSR count). The zero-order chi connectivity index (χ0) is 17.6. The van der Waals surface area contributed by atoms with Gasteiger partial charge in [0.2, 0.25) is 5.91 Å². The summed E-state index contributed by atoms with van der Waals surface area (Å²) in [5, 5.41) is 12.5. The lowest BCUT2D eigenvalue weighted by molar-refractivity contribution is -0.117. The Balaban J connectivity index is 2.77. The van der Waals surface area contributed by atoms with Crippen LogP contribution in [-0.4, -0.2) is 41.5 Å². The van der Waals surface area contributed by atoms with Gasteiger partial charge in [-0.15, -0.1) is 11.3 Å². The summed E-state index contributed by atoms with van der Waals surface area (Å²) >= 11 is 1.34. The maximum atomic E-state index is 12.3. The van der Waals surface area contributed by atoms with Crippen molar-refractivity contribution in [3.05, 3.63) is 16.5 Å². The van der Waals surface area contributed by atoms with E-state index >= 15 is 0 Å². The van der Waals surface area contributed by atoms with Gasteiger partial charge < -0.3 is 10.4 Å². The van der Waals surface area contributed by atoms with Crippen molar-refractivity contribution in [1.29, 1.82) is 0 Å². The van der Waals surface area contributed by atoms with Gasteiger partial charge >= 0.3 is 5.97 Å². The van der Waals surface area contributed by atoms with Gasteiger partial charge in [-0.05, 0) is 24.3 Å². The van der Waals surface area contributed by atoms with E-state index in [-0.39, 0.29) is 18.0 Å². The SMILES string of the molecule is CCc1cc(C(=O)O)c(NC(=O)CN(CC(C)C)CC(C)C)s1. The summed E-state index contributed by atoms with van der Waals surface area (Å²) in [6.45, 7) is 12.5. The third kappa shape index (κ3) is 6.71. The molecule has 1 amide bonds. The summed E-state index contributed by atoms with van der Waals surface area (Å²) < 4.78 is 0. The molecule has 5 nitrogen and oxygen atoms in total. The maximum absolute atomic E-state index is 12.3. The standard InChI is InChI=1S/C17H28N2O3S/c1-6-13-7-14(17(21)22)16(23-13)18-15(20)10-19(8-11(2)3)9-12(4)5/h7,11-12H,6,8-10H2,1-5H3,(H,18,20)(H,21,22). The van der Waals surface area contributed by atoms with Crippen molar-refractivity contribution in [3.8, 4) is 0 Å². The average molecular weight is 340 g/mol. The van der Waals surface area contributed by atoms with Crippen LogP contribution in [0.25, 0.3) is 0 Å². The third-order valence-corrected chi connectivity index (χ3v) is 4.42. The number of amides is 1. The van der Waals surface area contributed by atoms with E-state index in [9.17, 15) is 14.7 Å². The predicted molar refractivity (Wildman–Crippen MR) is 95.4 cm³/mol. The molecule has 0 spiro atoms. The molecule has 0 aliphatic heterocycles. The number of hydrogen-bond acceptors (Lipinski definition) is 4. The topological polar surface area (TPSA) is 69.6 Å². The Hall–Kier alpha value is -1.40. The first-order chi connectivity index (χ1) is 10.7. The number of thiophene rings is 1. The van der Waals surface area contributed by atoms with Crippen LogP contribution in [0, 0.1) is 11.8 Å². The molecule has 1 heterocycles. The second-order valence-corrected chi connectivity index (χ2v) is 7.78. The number of carboxylic acid groups (broad SMARTS) is 1. The number of rotatable bonds is 9. The Morgan fingerprint density at radius 1 is 1.22 bits per heavy atom. The Morgan fingerprint density at radius 2 is 1.78 bits per heavy atom. The highest BCUT2D eigenvalue weighted by atomic mass is 32.1. The highest BCUT2D eigenvalue weighted by Crippen LogP contribution is 2.28. The van der Waals surface area contributed by atoms with Gasteiger partial charge in [0, 0.05) is 18.0 Å². The van der Waals surface area contributed by atoms with Crippen molar-refractivity contribution in [3.63, 3.8) is 0 Å². The number of anilines is 1. The molecule has 1 aromatic heterocycles. The van der Waals surface area contributed by atoms with Crippen LogP contribution in [-0.2, 0) is 11.2 Å². The Bertz CT molecular complexity index is 528. The van der Waals surface area contributed by atoms with Crippen LogP contribution in [0.1, 0.15) is 49.9 Å². The highest BCUT2D eigenvalue weighted by molar-refractivity contribution is 7.16. The second-order valence-electron chi connectivity index (χ2n) is 6.64. The van der Waals surface area contributed by atoms with Crippen molar-refractivity contribution in [2.24, 2.45) is 11.8 Å². The summed E-state index contributed by atoms with van der Waals surface area (Å²) in [6.07, 6.45) is 0.758. The van der Waals surface area contributed by atoms with Gasteiger partial charge in [0.15, 0.2) is 0 Å². The fraction of sp³-hybridized carbons (Fsp3) is 0.647. The van der Waals surface area contributed by atoms with Crippen molar-refractivity contribution >= 4 is 28.2 Å². The largest absolute Gasteiger partial charge is 0.478 e. The summed E-state index contributed by atoms with van der Waals surface area (Å²) in [4.78, 5) is 26.7. The summed E-state index contributed by atoms with van der Waals surface area (Å²) in [7, 11) is 0. The van der Waals surface area contributed by atoms with Crippen molar-refractivity contribution in [2.75, 3.05) is 25.0 Å². The Labute approximate surface area is 142 Å². The summed E-state index contributed by atoms with van der Waals surface area (Å²) in [5.74, 6) is -0.204. The Kier molecular flexibility index (Phi) is 7.72. The minimum atomic E-state index is -1.00. The lowest BCUT2D eigenvalue weighted by atomic mass is 10.1. The number of aromatic carboxylic acids is 1. The highest BCUT2D eigenvalue weighted by Gasteiger charge is 2.19. The lowest BCUT2D eigenvalue weighted by Gasteiger charge is -2.25. The van der Waals surface area contributed by atoms with Crippen molar-refractivity contribution < 1.29 is 14.7 Å². The van der Waals surface area contributed by atoms with E-state index in [2.05, 4.69) is 37.9 Å². The zero-order valence-corrected chi connectivity index (χ0v) is 15.5. The second kappa shape index (κ2) is 9.03. The molecule has 0 saturated carbocycles. The van der Waals surface area contributed by atoms with Crippen LogP contribution in [0.15, 0.2) is 6.07 Å². The molecule has 0 atom stereocenters. The van der Waals surface area contributed by atoms with E-state index in [4.69, 9.17) is 0 Å². The fourth-order valence-corrected chi connectivity index (χ4v) is 3.48. The molecule has 23 heavy (non-hydrogen) atoms. The van der Waals surface area contributed by atoms with Gasteiger partial charge in [-0.3, -0.25) is 9.69 Å². The van der Waals surface area contributed by atoms with E-state index in [1.54, 1.807) is 6.07 Å². The maximum Gasteiger partial charge on any atom is 0.338 e. The van der Waals surface area contributed by atoms with E-state index < -0.39 is 5.97 Å². The molecule has 0 fully saturated rings. The van der Waals surface area contributed by atoms with Gasteiger partial charge in [0.1, 0.15) is 5.00 Å². The summed E-state index contributed by atoms with van der Waals surface area (Å²) in [5.41, 5.74) is 0.180. The molecule has 0 aliphatic carbocycles. The van der Waals surface area contributed by atoms with Crippen LogP contribution in [0.3, 0.4) is 0 Å². The number of carbonyl (C=O) groups is 2. The fourth-order valence-electron chi connectivity index (χ4n) is 2.47. The first-order valence-corrected chi connectivity index (χ1v) is 8.92. The third-order valence-electron chi connectivity index (χ3n) is 3.23. The predicted octanol–water partition coefficient (Wildman–Crippen LogP) is 3.56. The number of aryl methyl sites for hydroxylation is 1. The van der Waals surface area contributed by atoms with Crippen LogP contribution in [0.4, 0.5) is 5.00 Å². The number of carbonyl (C=O) groups excluding carboxylic acids is 1. The molecule has 0 bridgehead atoms. The zero-order valence-electron chi connectivity index (χ0n) is 14.7. The average Bonchev–Trinajstić information content (AvgIpc) is 2.79. The van der Waals surface area contributed by atoms with Crippen LogP contribution in [0.2, 0.25) is 0 Å². The first kappa shape index (κ1) is 19.6. The molecule has 0 aliphatic rings. The minimum absolute atomic E-state index is 0.154. The molecular formula is C17H28N2O3S. The van der Waals surface area contributed by atoms with Gasteiger partial charge in [-0.1, -0.05) is 34.6 Å². The molecule has 0 aromatic carbocycles. The number of carboxylic acids is 1. The molecular weight excluding hydrogens is 312 g/mol. The normalized spacial score (nSPS) is 11.5. The van der Waals surface area contributed by atoms with Crippen LogP contribution >= 0.6 is 11.3 Å². The molecule has 1 aromatic rings. The Morgan fingerprint density at radius 3 is 2.22 bits per heavy atom. The molecule has 130 valence electrons.